The molecular weight excluding hydrogens is 242 g/mol. The van der Waals surface area contributed by atoms with Crippen LogP contribution in [0.4, 0.5) is 0 Å². The molecule has 92 valence electrons. The third kappa shape index (κ3) is 2.82. The summed E-state index contributed by atoms with van der Waals surface area (Å²) in [5, 5.41) is 11.6. The molecule has 0 N–H and O–H groups in total. The fraction of sp³-hybridized carbons (Fsp3) is 0.600. The Labute approximate surface area is 104 Å². The largest absolute Gasteiger partial charge is 0.339 e. The number of aromatic nitrogens is 5. The monoisotopic (exact) mass is 255 g/mol. The molecule has 17 heavy (non-hydrogen) atoms. The molecule has 0 aliphatic heterocycles. The molecule has 0 saturated heterocycles. The van der Waals surface area contributed by atoms with Crippen molar-refractivity contribution in [3.8, 4) is 0 Å². The zero-order valence-electron chi connectivity index (χ0n) is 9.96. The van der Waals surface area contributed by atoms with Crippen LogP contribution in [-0.2, 0) is 6.54 Å². The van der Waals surface area contributed by atoms with Crippen molar-refractivity contribution in [2.75, 3.05) is 0 Å². The van der Waals surface area contributed by atoms with Gasteiger partial charge in [0.05, 0.1) is 11.6 Å². The standard InChI is InChI=1S/C10H14ClN5O/c1-6(2)10-12-9(14-17-10)5-16-4-8(7(3)11)13-15-16/h4,6-7H,5H2,1-3H3. The van der Waals surface area contributed by atoms with Crippen LogP contribution >= 0.6 is 11.6 Å². The Morgan fingerprint density at radius 1 is 1.41 bits per heavy atom. The quantitative estimate of drug-likeness (QED) is 0.783. The van der Waals surface area contributed by atoms with Crippen LogP contribution in [0, 0.1) is 0 Å². The van der Waals surface area contributed by atoms with Gasteiger partial charge in [-0.05, 0) is 6.92 Å². The van der Waals surface area contributed by atoms with Crippen LogP contribution in [0.25, 0.3) is 0 Å². The Morgan fingerprint density at radius 3 is 2.71 bits per heavy atom. The molecule has 1 unspecified atom stereocenters. The van der Waals surface area contributed by atoms with E-state index < -0.39 is 0 Å². The zero-order valence-corrected chi connectivity index (χ0v) is 10.7. The first-order chi connectivity index (χ1) is 8.06. The van der Waals surface area contributed by atoms with Gasteiger partial charge >= 0.3 is 0 Å². The Kier molecular flexibility index (Phi) is 3.42. The summed E-state index contributed by atoms with van der Waals surface area (Å²) in [5.74, 6) is 1.45. The summed E-state index contributed by atoms with van der Waals surface area (Å²) in [6.07, 6.45) is 1.78. The molecule has 0 amide bonds. The predicted molar refractivity (Wildman–Crippen MR) is 61.8 cm³/mol. The second kappa shape index (κ2) is 4.83. The lowest BCUT2D eigenvalue weighted by molar-refractivity contribution is 0.359. The summed E-state index contributed by atoms with van der Waals surface area (Å²) in [5.41, 5.74) is 0.735. The number of hydrogen-bond acceptors (Lipinski definition) is 5. The molecule has 2 rings (SSSR count). The summed E-state index contributed by atoms with van der Waals surface area (Å²) in [6.45, 7) is 6.29. The zero-order chi connectivity index (χ0) is 12.4. The third-order valence-electron chi connectivity index (χ3n) is 2.25. The van der Waals surface area contributed by atoms with Crippen LogP contribution in [-0.4, -0.2) is 25.1 Å². The fourth-order valence-corrected chi connectivity index (χ4v) is 1.38. The van der Waals surface area contributed by atoms with Gasteiger partial charge in [-0.1, -0.05) is 24.2 Å². The Hall–Kier alpha value is -1.43. The van der Waals surface area contributed by atoms with Crippen molar-refractivity contribution in [3.05, 3.63) is 23.6 Å². The van der Waals surface area contributed by atoms with Crippen molar-refractivity contribution in [1.82, 2.24) is 25.1 Å². The first-order valence-corrected chi connectivity index (χ1v) is 5.86. The van der Waals surface area contributed by atoms with E-state index >= 15 is 0 Å². The van der Waals surface area contributed by atoms with E-state index in [0.29, 0.717) is 18.3 Å². The maximum Gasteiger partial charge on any atom is 0.229 e. The Bertz CT molecular complexity index is 446. The molecule has 0 saturated carbocycles. The fourth-order valence-electron chi connectivity index (χ4n) is 1.28. The highest BCUT2D eigenvalue weighted by molar-refractivity contribution is 6.20. The summed E-state index contributed by atoms with van der Waals surface area (Å²) in [4.78, 5) is 4.26. The van der Waals surface area contributed by atoms with Gasteiger partial charge in [0.1, 0.15) is 12.2 Å². The van der Waals surface area contributed by atoms with E-state index in [2.05, 4.69) is 20.5 Å². The predicted octanol–water partition coefficient (Wildman–Crippen LogP) is 2.13. The number of halogens is 1. The van der Waals surface area contributed by atoms with Gasteiger partial charge < -0.3 is 4.52 Å². The van der Waals surface area contributed by atoms with Crippen LogP contribution in [0.1, 0.15) is 49.5 Å². The number of nitrogens with zero attached hydrogens (tertiary/aromatic N) is 5. The van der Waals surface area contributed by atoms with Crippen molar-refractivity contribution in [2.24, 2.45) is 0 Å². The molecule has 0 spiro atoms. The molecule has 7 heteroatoms. The van der Waals surface area contributed by atoms with Crippen LogP contribution in [0.2, 0.25) is 0 Å². The molecule has 0 aromatic carbocycles. The third-order valence-corrected chi connectivity index (χ3v) is 2.47. The Morgan fingerprint density at radius 2 is 2.18 bits per heavy atom. The van der Waals surface area contributed by atoms with Crippen molar-refractivity contribution < 1.29 is 4.52 Å². The van der Waals surface area contributed by atoms with E-state index in [1.165, 1.54) is 0 Å². The van der Waals surface area contributed by atoms with Crippen molar-refractivity contribution in [2.45, 2.75) is 38.6 Å². The second-order valence-electron chi connectivity index (χ2n) is 4.16. The van der Waals surface area contributed by atoms with Gasteiger partial charge in [-0.2, -0.15) is 4.98 Å². The minimum absolute atomic E-state index is 0.153. The van der Waals surface area contributed by atoms with Crippen LogP contribution < -0.4 is 0 Å². The summed E-state index contributed by atoms with van der Waals surface area (Å²) < 4.78 is 6.75. The minimum Gasteiger partial charge on any atom is -0.339 e. The van der Waals surface area contributed by atoms with Crippen LogP contribution in [0.15, 0.2) is 10.7 Å². The van der Waals surface area contributed by atoms with Crippen molar-refractivity contribution >= 4 is 11.6 Å². The highest BCUT2D eigenvalue weighted by Gasteiger charge is 2.12. The van der Waals surface area contributed by atoms with E-state index in [9.17, 15) is 0 Å². The van der Waals surface area contributed by atoms with E-state index in [1.807, 2.05) is 20.8 Å². The minimum atomic E-state index is -0.153. The highest BCUT2D eigenvalue weighted by Crippen LogP contribution is 2.16. The van der Waals surface area contributed by atoms with Gasteiger partial charge in [-0.3, -0.25) is 0 Å². The number of hydrogen-bond donors (Lipinski definition) is 0. The van der Waals surface area contributed by atoms with Gasteiger partial charge in [0.15, 0.2) is 5.82 Å². The number of rotatable bonds is 4. The Balaban J connectivity index is 2.08. The van der Waals surface area contributed by atoms with Gasteiger partial charge in [-0.25, -0.2) is 4.68 Å². The van der Waals surface area contributed by atoms with Crippen LogP contribution in [0.3, 0.4) is 0 Å². The first-order valence-electron chi connectivity index (χ1n) is 5.43. The maximum absolute atomic E-state index is 5.90. The van der Waals surface area contributed by atoms with E-state index in [-0.39, 0.29) is 11.3 Å². The first kappa shape index (κ1) is 12.0. The lowest BCUT2D eigenvalue weighted by Gasteiger charge is -1.94. The lowest BCUT2D eigenvalue weighted by Crippen LogP contribution is -2.02. The average molecular weight is 256 g/mol. The summed E-state index contributed by atoms with van der Waals surface area (Å²) in [7, 11) is 0. The smallest absolute Gasteiger partial charge is 0.229 e. The molecule has 1 atom stereocenters. The van der Waals surface area contributed by atoms with Gasteiger partial charge in [0.25, 0.3) is 0 Å². The topological polar surface area (TPSA) is 69.6 Å². The van der Waals surface area contributed by atoms with Crippen molar-refractivity contribution in [3.63, 3.8) is 0 Å². The molecule has 2 heterocycles. The van der Waals surface area contributed by atoms with Gasteiger partial charge in [-0.15, -0.1) is 16.7 Å². The number of alkyl halides is 1. The normalized spacial score (nSPS) is 13.2. The maximum atomic E-state index is 5.90. The molecule has 2 aromatic rings. The molecule has 0 radical (unpaired) electrons. The molecule has 0 fully saturated rings. The van der Waals surface area contributed by atoms with E-state index in [1.54, 1.807) is 10.9 Å². The van der Waals surface area contributed by atoms with E-state index in [0.717, 1.165) is 5.69 Å². The summed E-state index contributed by atoms with van der Waals surface area (Å²) in [6, 6.07) is 0. The molecular formula is C10H14ClN5O. The molecule has 0 aliphatic carbocycles. The van der Waals surface area contributed by atoms with Crippen LogP contribution in [0.5, 0.6) is 0 Å². The van der Waals surface area contributed by atoms with Gasteiger partial charge in [0.2, 0.25) is 5.89 Å². The molecule has 2 aromatic heterocycles. The van der Waals surface area contributed by atoms with Crippen molar-refractivity contribution in [1.29, 1.82) is 0 Å². The summed E-state index contributed by atoms with van der Waals surface area (Å²) >= 11 is 5.90. The second-order valence-corrected chi connectivity index (χ2v) is 4.82. The SMILES string of the molecule is CC(C)c1nc(Cn2cc(C(C)Cl)nn2)no1. The molecule has 0 bridgehead atoms. The van der Waals surface area contributed by atoms with E-state index in [4.69, 9.17) is 16.1 Å². The van der Waals surface area contributed by atoms with Gasteiger partial charge in [0, 0.05) is 5.92 Å². The molecule has 6 nitrogen and oxygen atoms in total. The molecule has 0 aliphatic rings. The average Bonchev–Trinajstić information content (AvgIpc) is 2.87. The highest BCUT2D eigenvalue weighted by atomic mass is 35.5. The lowest BCUT2D eigenvalue weighted by atomic mass is 10.2.